The van der Waals surface area contributed by atoms with Gasteiger partial charge in [0.05, 0.1) is 13.1 Å². The van der Waals surface area contributed by atoms with Crippen LogP contribution in [0, 0.1) is 5.92 Å². The highest BCUT2D eigenvalue weighted by atomic mass is 16.2. The molecule has 0 bridgehead atoms. The third-order valence-electron chi connectivity index (χ3n) is 9.79. The summed E-state index contributed by atoms with van der Waals surface area (Å²) >= 11 is 0. The first-order valence-corrected chi connectivity index (χ1v) is 20.1. The van der Waals surface area contributed by atoms with Gasteiger partial charge < -0.3 is 16.0 Å². The minimum atomic E-state index is 0.127. The first-order chi connectivity index (χ1) is 22.2. The van der Waals surface area contributed by atoms with Crippen LogP contribution in [0.4, 0.5) is 0 Å². The SMILES string of the molecule is CCCCCCCCCCCCCCNC(=O)CNCCC1CCN(CC(=O)NCCCCCCCCCCCCCC)CC1. The molecule has 1 aliphatic rings. The molecule has 266 valence electrons. The zero-order chi connectivity index (χ0) is 32.5. The molecule has 45 heavy (non-hydrogen) atoms. The summed E-state index contributed by atoms with van der Waals surface area (Å²) in [6.07, 6.45) is 35.7. The van der Waals surface area contributed by atoms with Crippen molar-refractivity contribution >= 4 is 11.8 Å². The van der Waals surface area contributed by atoms with E-state index >= 15 is 0 Å². The summed E-state index contributed by atoms with van der Waals surface area (Å²) in [6, 6.07) is 0. The number of carbonyl (C=O) groups excluding carboxylic acids is 2. The summed E-state index contributed by atoms with van der Waals surface area (Å²) in [7, 11) is 0. The lowest BCUT2D eigenvalue weighted by Crippen LogP contribution is -2.42. The molecule has 1 fully saturated rings. The molecular formula is C39H78N4O2. The van der Waals surface area contributed by atoms with Crippen LogP contribution in [0.15, 0.2) is 0 Å². The third kappa shape index (κ3) is 28.8. The zero-order valence-corrected chi connectivity index (χ0v) is 30.4. The van der Waals surface area contributed by atoms with Gasteiger partial charge >= 0.3 is 0 Å². The van der Waals surface area contributed by atoms with E-state index in [1.807, 2.05) is 0 Å². The number of likely N-dealkylation sites (tertiary alicyclic amines) is 1. The molecule has 6 nitrogen and oxygen atoms in total. The molecule has 0 saturated carbocycles. The van der Waals surface area contributed by atoms with E-state index in [2.05, 4.69) is 34.7 Å². The van der Waals surface area contributed by atoms with Gasteiger partial charge in [-0.25, -0.2) is 0 Å². The second kappa shape index (κ2) is 32.8. The fourth-order valence-electron chi connectivity index (χ4n) is 6.65. The van der Waals surface area contributed by atoms with Crippen molar-refractivity contribution in [2.45, 2.75) is 187 Å². The molecule has 0 spiro atoms. The standard InChI is InChI=1S/C39H78N4O2/c1-3-5-7-9-11-13-15-17-19-21-23-25-30-41-38(44)35-40-32-27-37-28-33-43(34-29-37)36-39(45)42-31-26-24-22-20-18-16-14-12-10-8-6-4-2/h37,40H,3-36H2,1-2H3,(H,41,44)(H,42,45). The molecule has 1 rings (SSSR count). The molecule has 1 saturated heterocycles. The summed E-state index contributed by atoms with van der Waals surface area (Å²) < 4.78 is 0. The largest absolute Gasteiger partial charge is 0.355 e. The van der Waals surface area contributed by atoms with Gasteiger partial charge in [0.1, 0.15) is 0 Å². The third-order valence-corrected chi connectivity index (χ3v) is 9.79. The molecule has 0 aromatic carbocycles. The van der Waals surface area contributed by atoms with Crippen molar-refractivity contribution in [1.29, 1.82) is 0 Å². The van der Waals surface area contributed by atoms with Crippen molar-refractivity contribution in [3.8, 4) is 0 Å². The summed E-state index contributed by atoms with van der Waals surface area (Å²) in [5, 5.41) is 9.56. The van der Waals surface area contributed by atoms with E-state index in [9.17, 15) is 9.59 Å². The Kier molecular flexibility index (Phi) is 30.5. The first kappa shape index (κ1) is 41.9. The number of hydrogen-bond acceptors (Lipinski definition) is 4. The van der Waals surface area contributed by atoms with Crippen LogP contribution >= 0.6 is 0 Å². The van der Waals surface area contributed by atoms with Crippen LogP contribution in [0.3, 0.4) is 0 Å². The van der Waals surface area contributed by atoms with Gasteiger partial charge in [-0.1, -0.05) is 155 Å². The average Bonchev–Trinajstić information content (AvgIpc) is 3.04. The fourth-order valence-corrected chi connectivity index (χ4v) is 6.65. The van der Waals surface area contributed by atoms with E-state index in [0.29, 0.717) is 19.0 Å². The molecule has 0 aliphatic carbocycles. The molecule has 0 aromatic rings. The molecule has 0 aromatic heterocycles. The van der Waals surface area contributed by atoms with Crippen LogP contribution in [0.5, 0.6) is 0 Å². The topological polar surface area (TPSA) is 73.5 Å². The quantitative estimate of drug-likeness (QED) is 0.0629. The molecular weight excluding hydrogens is 556 g/mol. The number of carbonyl (C=O) groups is 2. The van der Waals surface area contributed by atoms with Crippen LogP contribution in [-0.4, -0.2) is 62.5 Å². The Balaban J connectivity index is 1.84. The first-order valence-electron chi connectivity index (χ1n) is 20.1. The molecule has 1 heterocycles. The van der Waals surface area contributed by atoms with Crippen LogP contribution in [-0.2, 0) is 9.59 Å². The maximum absolute atomic E-state index is 12.4. The van der Waals surface area contributed by atoms with Gasteiger partial charge in [0.2, 0.25) is 11.8 Å². The molecule has 0 radical (unpaired) electrons. The minimum Gasteiger partial charge on any atom is -0.355 e. The summed E-state index contributed by atoms with van der Waals surface area (Å²) in [5.41, 5.74) is 0. The number of unbranched alkanes of at least 4 members (excludes halogenated alkanes) is 22. The summed E-state index contributed by atoms with van der Waals surface area (Å²) in [4.78, 5) is 26.8. The normalized spacial score (nSPS) is 14.2. The molecule has 6 heteroatoms. The maximum Gasteiger partial charge on any atom is 0.234 e. The van der Waals surface area contributed by atoms with Crippen molar-refractivity contribution in [3.63, 3.8) is 0 Å². The lowest BCUT2D eigenvalue weighted by molar-refractivity contribution is -0.122. The van der Waals surface area contributed by atoms with E-state index in [1.54, 1.807) is 0 Å². The monoisotopic (exact) mass is 635 g/mol. The van der Waals surface area contributed by atoms with Crippen molar-refractivity contribution in [3.05, 3.63) is 0 Å². The Morgan fingerprint density at radius 3 is 1.31 bits per heavy atom. The Hall–Kier alpha value is -1.14. The van der Waals surface area contributed by atoms with Gasteiger partial charge in [0, 0.05) is 13.1 Å². The molecule has 1 aliphatic heterocycles. The predicted octanol–water partition coefficient (Wildman–Crippen LogP) is 9.31. The fraction of sp³-hybridized carbons (Fsp3) is 0.949. The number of hydrogen-bond donors (Lipinski definition) is 3. The van der Waals surface area contributed by atoms with E-state index < -0.39 is 0 Å². The van der Waals surface area contributed by atoms with Crippen molar-refractivity contribution in [2.75, 3.05) is 45.8 Å². The van der Waals surface area contributed by atoms with Gasteiger partial charge in [-0.15, -0.1) is 0 Å². The number of nitrogens with zero attached hydrogens (tertiary/aromatic N) is 1. The average molecular weight is 635 g/mol. The lowest BCUT2D eigenvalue weighted by Gasteiger charge is -2.31. The lowest BCUT2D eigenvalue weighted by atomic mass is 9.93. The van der Waals surface area contributed by atoms with Crippen LogP contribution < -0.4 is 16.0 Å². The van der Waals surface area contributed by atoms with Crippen molar-refractivity contribution in [1.82, 2.24) is 20.9 Å². The Bertz CT molecular complexity index is 648. The molecule has 3 N–H and O–H groups in total. The number of nitrogens with one attached hydrogen (secondary N) is 3. The van der Waals surface area contributed by atoms with E-state index in [1.165, 1.54) is 141 Å². The number of amides is 2. The van der Waals surface area contributed by atoms with E-state index in [-0.39, 0.29) is 11.8 Å². The molecule has 0 unspecified atom stereocenters. The Morgan fingerprint density at radius 2 is 0.889 bits per heavy atom. The molecule has 0 atom stereocenters. The minimum absolute atomic E-state index is 0.127. The highest BCUT2D eigenvalue weighted by molar-refractivity contribution is 5.78. The highest BCUT2D eigenvalue weighted by Gasteiger charge is 2.20. The zero-order valence-electron chi connectivity index (χ0n) is 30.4. The van der Waals surface area contributed by atoms with Crippen LogP contribution in [0.25, 0.3) is 0 Å². The maximum atomic E-state index is 12.4. The van der Waals surface area contributed by atoms with Gasteiger partial charge in [0.15, 0.2) is 0 Å². The van der Waals surface area contributed by atoms with Crippen molar-refractivity contribution in [2.24, 2.45) is 5.92 Å². The van der Waals surface area contributed by atoms with Gasteiger partial charge in [-0.2, -0.15) is 0 Å². The number of piperidine rings is 1. The van der Waals surface area contributed by atoms with Gasteiger partial charge in [0.25, 0.3) is 0 Å². The summed E-state index contributed by atoms with van der Waals surface area (Å²) in [5.74, 6) is 1.01. The Labute approximate surface area is 280 Å². The van der Waals surface area contributed by atoms with Crippen molar-refractivity contribution < 1.29 is 9.59 Å². The number of rotatable bonds is 33. The Morgan fingerprint density at radius 1 is 0.511 bits per heavy atom. The highest BCUT2D eigenvalue weighted by Crippen LogP contribution is 2.20. The van der Waals surface area contributed by atoms with E-state index in [4.69, 9.17) is 0 Å². The van der Waals surface area contributed by atoms with Crippen LogP contribution in [0.1, 0.15) is 187 Å². The smallest absolute Gasteiger partial charge is 0.234 e. The second-order valence-electron chi connectivity index (χ2n) is 14.2. The van der Waals surface area contributed by atoms with Gasteiger partial charge in [-0.3, -0.25) is 14.5 Å². The summed E-state index contributed by atoms with van der Waals surface area (Å²) in [6.45, 7) is 10.1. The molecule has 2 amide bonds. The second-order valence-corrected chi connectivity index (χ2v) is 14.2. The van der Waals surface area contributed by atoms with Crippen LogP contribution in [0.2, 0.25) is 0 Å². The predicted molar refractivity (Wildman–Crippen MR) is 195 cm³/mol. The van der Waals surface area contributed by atoms with E-state index in [0.717, 1.165) is 64.8 Å². The van der Waals surface area contributed by atoms with Gasteiger partial charge in [-0.05, 0) is 57.7 Å².